The molecule has 0 saturated heterocycles. The molecule has 0 aromatic heterocycles. The monoisotopic (exact) mass is 337 g/mol. The van der Waals surface area contributed by atoms with Crippen LogP contribution < -0.4 is 5.32 Å². The third-order valence-corrected chi connectivity index (χ3v) is 5.57. The first-order valence-corrected chi connectivity index (χ1v) is 8.91. The highest BCUT2D eigenvalue weighted by atomic mass is 79.9. The van der Waals surface area contributed by atoms with Crippen molar-refractivity contribution in [2.75, 3.05) is 6.54 Å². The van der Waals surface area contributed by atoms with Gasteiger partial charge in [0.1, 0.15) is 0 Å². The Morgan fingerprint density at radius 1 is 1.20 bits per heavy atom. The van der Waals surface area contributed by atoms with Gasteiger partial charge < -0.3 is 5.32 Å². The van der Waals surface area contributed by atoms with Crippen LogP contribution in [0.5, 0.6) is 0 Å². The third kappa shape index (κ3) is 4.08. The fourth-order valence-corrected chi connectivity index (χ4v) is 3.95. The summed E-state index contributed by atoms with van der Waals surface area (Å²) in [5.74, 6) is 0.980. The number of hydrogen-bond acceptors (Lipinski definition) is 1. The van der Waals surface area contributed by atoms with Crippen molar-refractivity contribution in [1.82, 2.24) is 5.32 Å². The van der Waals surface area contributed by atoms with Gasteiger partial charge in [0.15, 0.2) is 0 Å². The smallest absolute Gasteiger partial charge is 0.0322 e. The molecule has 1 fully saturated rings. The molecule has 1 aromatic carbocycles. The molecule has 1 nitrogen and oxygen atoms in total. The Morgan fingerprint density at radius 3 is 2.55 bits per heavy atom. The molecular weight excluding hydrogens is 310 g/mol. The fraction of sp³-hybridized carbons (Fsp3) is 0.667. The van der Waals surface area contributed by atoms with E-state index >= 15 is 0 Å². The number of aryl methyl sites for hydroxylation is 2. The van der Waals surface area contributed by atoms with Crippen molar-refractivity contribution in [3.05, 3.63) is 33.3 Å². The normalized spacial score (nSPS) is 17.6. The molecule has 20 heavy (non-hydrogen) atoms. The zero-order valence-corrected chi connectivity index (χ0v) is 14.7. The van der Waals surface area contributed by atoms with Crippen molar-refractivity contribution in [2.45, 2.75) is 65.3 Å². The van der Waals surface area contributed by atoms with Crippen molar-refractivity contribution in [3.8, 4) is 0 Å². The second-order valence-corrected chi connectivity index (χ2v) is 7.15. The molecule has 1 atom stereocenters. The summed E-state index contributed by atoms with van der Waals surface area (Å²) in [5.41, 5.74) is 4.24. The first kappa shape index (κ1) is 16.0. The van der Waals surface area contributed by atoms with Gasteiger partial charge in [0.25, 0.3) is 0 Å². The van der Waals surface area contributed by atoms with Crippen LogP contribution in [-0.4, -0.2) is 6.54 Å². The molecule has 112 valence electrons. The van der Waals surface area contributed by atoms with Crippen molar-refractivity contribution < 1.29 is 0 Å². The van der Waals surface area contributed by atoms with Gasteiger partial charge in [-0.25, -0.2) is 0 Å². The van der Waals surface area contributed by atoms with Crippen LogP contribution in [-0.2, 0) is 0 Å². The lowest BCUT2D eigenvalue weighted by Crippen LogP contribution is -2.22. The summed E-state index contributed by atoms with van der Waals surface area (Å²) >= 11 is 3.64. The molecule has 1 aliphatic rings. The highest BCUT2D eigenvalue weighted by Crippen LogP contribution is 2.33. The standard InChI is InChI=1S/C18H28BrN/c1-4-20-18(10-9-15-7-5-6-8-15)16-11-14(3)17(19)12-13(16)2/h11-12,15,18,20H,4-10H2,1-3H3. The molecule has 1 unspecified atom stereocenters. The van der Waals surface area contributed by atoms with Crippen LogP contribution in [0.3, 0.4) is 0 Å². The first-order chi connectivity index (χ1) is 9.61. The Morgan fingerprint density at radius 2 is 1.90 bits per heavy atom. The molecule has 0 radical (unpaired) electrons. The zero-order valence-electron chi connectivity index (χ0n) is 13.1. The van der Waals surface area contributed by atoms with Crippen LogP contribution in [0.25, 0.3) is 0 Å². The van der Waals surface area contributed by atoms with E-state index in [9.17, 15) is 0 Å². The summed E-state index contributed by atoms with van der Waals surface area (Å²) in [6.07, 6.45) is 8.47. The summed E-state index contributed by atoms with van der Waals surface area (Å²) in [6, 6.07) is 5.15. The highest BCUT2D eigenvalue weighted by molar-refractivity contribution is 9.10. The maximum atomic E-state index is 3.70. The Balaban J connectivity index is 2.08. The second-order valence-electron chi connectivity index (χ2n) is 6.30. The van der Waals surface area contributed by atoms with Crippen molar-refractivity contribution in [3.63, 3.8) is 0 Å². The van der Waals surface area contributed by atoms with Gasteiger partial charge in [0.2, 0.25) is 0 Å². The maximum Gasteiger partial charge on any atom is 0.0322 e. The Hall–Kier alpha value is -0.340. The minimum Gasteiger partial charge on any atom is -0.310 e. The first-order valence-electron chi connectivity index (χ1n) is 8.11. The van der Waals surface area contributed by atoms with Gasteiger partial charge in [0, 0.05) is 10.5 Å². The van der Waals surface area contributed by atoms with Gasteiger partial charge in [0.05, 0.1) is 0 Å². The van der Waals surface area contributed by atoms with E-state index in [1.54, 1.807) is 0 Å². The van der Waals surface area contributed by atoms with E-state index in [1.807, 2.05) is 0 Å². The Kier molecular flexibility index (Phi) is 6.10. The van der Waals surface area contributed by atoms with E-state index in [0.29, 0.717) is 6.04 Å². The highest BCUT2D eigenvalue weighted by Gasteiger charge is 2.19. The summed E-state index contributed by atoms with van der Waals surface area (Å²) < 4.78 is 1.23. The summed E-state index contributed by atoms with van der Waals surface area (Å²) in [7, 11) is 0. The molecule has 0 bridgehead atoms. The molecule has 0 heterocycles. The Labute approximate surface area is 132 Å². The van der Waals surface area contributed by atoms with E-state index < -0.39 is 0 Å². The number of hydrogen-bond donors (Lipinski definition) is 1. The van der Waals surface area contributed by atoms with Crippen molar-refractivity contribution in [1.29, 1.82) is 0 Å². The molecule has 0 spiro atoms. The SMILES string of the molecule is CCNC(CCC1CCCC1)c1cc(C)c(Br)cc1C. The van der Waals surface area contributed by atoms with Crippen molar-refractivity contribution in [2.24, 2.45) is 5.92 Å². The van der Waals surface area contributed by atoms with Crippen LogP contribution in [0.4, 0.5) is 0 Å². The summed E-state index contributed by atoms with van der Waals surface area (Å²) in [5, 5.41) is 3.70. The van der Waals surface area contributed by atoms with Crippen LogP contribution in [0.2, 0.25) is 0 Å². The van der Waals surface area contributed by atoms with Crippen LogP contribution in [0.15, 0.2) is 16.6 Å². The second kappa shape index (κ2) is 7.61. The van der Waals surface area contributed by atoms with E-state index in [4.69, 9.17) is 0 Å². The average Bonchev–Trinajstić information content (AvgIpc) is 2.92. The van der Waals surface area contributed by atoms with Crippen molar-refractivity contribution >= 4 is 15.9 Å². The van der Waals surface area contributed by atoms with Crippen LogP contribution >= 0.6 is 15.9 Å². The van der Waals surface area contributed by atoms with Gasteiger partial charge in [-0.1, -0.05) is 54.6 Å². The minimum absolute atomic E-state index is 0.521. The van der Waals surface area contributed by atoms with E-state index in [-0.39, 0.29) is 0 Å². The fourth-order valence-electron chi connectivity index (χ4n) is 3.49. The quantitative estimate of drug-likeness (QED) is 0.703. The minimum atomic E-state index is 0.521. The molecule has 1 aliphatic carbocycles. The third-order valence-electron chi connectivity index (χ3n) is 4.71. The number of rotatable bonds is 6. The molecule has 1 saturated carbocycles. The molecule has 0 aliphatic heterocycles. The lowest BCUT2D eigenvalue weighted by atomic mass is 9.91. The van der Waals surface area contributed by atoms with E-state index in [0.717, 1.165) is 12.5 Å². The molecule has 1 N–H and O–H groups in total. The van der Waals surface area contributed by atoms with E-state index in [1.165, 1.54) is 59.7 Å². The molecular formula is C18H28BrN. The predicted molar refractivity (Wildman–Crippen MR) is 91.2 cm³/mol. The van der Waals surface area contributed by atoms with Gasteiger partial charge in [-0.05, 0) is 61.9 Å². The van der Waals surface area contributed by atoms with Gasteiger partial charge in [-0.2, -0.15) is 0 Å². The number of benzene rings is 1. The molecule has 2 heteroatoms. The lowest BCUT2D eigenvalue weighted by molar-refractivity contribution is 0.416. The van der Waals surface area contributed by atoms with Crippen LogP contribution in [0.1, 0.15) is 68.2 Å². The summed E-state index contributed by atoms with van der Waals surface area (Å²) in [6.45, 7) is 7.68. The number of nitrogens with one attached hydrogen (secondary N) is 1. The average molecular weight is 338 g/mol. The molecule has 2 rings (SSSR count). The summed E-state index contributed by atoms with van der Waals surface area (Å²) in [4.78, 5) is 0. The van der Waals surface area contributed by atoms with E-state index in [2.05, 4.69) is 54.2 Å². The van der Waals surface area contributed by atoms with Gasteiger partial charge in [-0.15, -0.1) is 0 Å². The zero-order chi connectivity index (χ0) is 14.5. The molecule has 0 amide bonds. The lowest BCUT2D eigenvalue weighted by Gasteiger charge is -2.23. The van der Waals surface area contributed by atoms with Gasteiger partial charge >= 0.3 is 0 Å². The predicted octanol–water partition coefficient (Wildman–Crippen LogP) is 5.69. The maximum absolute atomic E-state index is 3.70. The topological polar surface area (TPSA) is 12.0 Å². The molecule has 1 aromatic rings. The van der Waals surface area contributed by atoms with Crippen LogP contribution in [0, 0.1) is 19.8 Å². The number of halogens is 1. The largest absolute Gasteiger partial charge is 0.310 e. The van der Waals surface area contributed by atoms with Gasteiger partial charge in [-0.3, -0.25) is 0 Å². The Bertz CT molecular complexity index is 435.